The van der Waals surface area contributed by atoms with Gasteiger partial charge in [-0.25, -0.2) is 8.78 Å². The Morgan fingerprint density at radius 1 is 1.09 bits per heavy atom. The summed E-state index contributed by atoms with van der Waals surface area (Å²) in [5, 5.41) is 4.45. The van der Waals surface area contributed by atoms with Gasteiger partial charge in [0.1, 0.15) is 11.6 Å². The lowest BCUT2D eigenvalue weighted by atomic mass is 9.89. The minimum Gasteiger partial charge on any atom is -0.354 e. The minimum atomic E-state index is -0.495. The van der Waals surface area contributed by atoms with Gasteiger partial charge in [0, 0.05) is 29.2 Å². The van der Waals surface area contributed by atoms with Crippen molar-refractivity contribution in [2.45, 2.75) is 70.9 Å². The number of unbranched alkanes of at least 4 members (excludes halogenated alkanes) is 2. The molecule has 0 fully saturated rings. The predicted molar refractivity (Wildman–Crippen MR) is 90.6 cm³/mol. The molecule has 0 saturated carbocycles. The molecule has 126 valence electrons. The molecule has 0 saturated heterocycles. The van der Waals surface area contributed by atoms with Gasteiger partial charge >= 0.3 is 0 Å². The van der Waals surface area contributed by atoms with Crippen LogP contribution in [-0.4, -0.2) is 11.0 Å². The van der Waals surface area contributed by atoms with Crippen LogP contribution in [0.3, 0.4) is 0 Å². The lowest BCUT2D eigenvalue weighted by Crippen LogP contribution is -2.39. The molecule has 0 bridgehead atoms. The maximum atomic E-state index is 14.1. The first-order valence-electron chi connectivity index (χ1n) is 8.89. The highest BCUT2D eigenvalue weighted by Gasteiger charge is 2.29. The number of nitrogens with one attached hydrogen (secondary N) is 2. The van der Waals surface area contributed by atoms with Gasteiger partial charge in [0.15, 0.2) is 0 Å². The first-order valence-corrected chi connectivity index (χ1v) is 8.89. The molecule has 0 radical (unpaired) electrons. The van der Waals surface area contributed by atoms with Crippen molar-refractivity contribution in [2.75, 3.05) is 0 Å². The highest BCUT2D eigenvalue weighted by molar-refractivity contribution is 5.85. The molecule has 0 spiro atoms. The topological polar surface area (TPSA) is 27.8 Å². The number of fused-ring (bicyclic) bond motifs is 3. The maximum absolute atomic E-state index is 14.1. The molecule has 3 rings (SSSR count). The van der Waals surface area contributed by atoms with Gasteiger partial charge in [-0.2, -0.15) is 0 Å². The second kappa shape index (κ2) is 7.00. The Hall–Kier alpha value is -1.42. The fourth-order valence-corrected chi connectivity index (χ4v) is 3.76. The van der Waals surface area contributed by atoms with Crippen LogP contribution < -0.4 is 5.32 Å². The summed E-state index contributed by atoms with van der Waals surface area (Å²) >= 11 is 0. The maximum Gasteiger partial charge on any atom is 0.150 e. The molecule has 1 aromatic carbocycles. The highest BCUT2D eigenvalue weighted by Crippen LogP contribution is 2.36. The zero-order valence-corrected chi connectivity index (χ0v) is 14.0. The second-order valence-electron chi connectivity index (χ2n) is 6.73. The zero-order valence-electron chi connectivity index (χ0n) is 14.0. The summed E-state index contributed by atoms with van der Waals surface area (Å²) in [6.07, 6.45) is 7.60. The molecule has 2 nitrogen and oxygen atoms in total. The first-order chi connectivity index (χ1) is 11.1. The van der Waals surface area contributed by atoms with Crippen molar-refractivity contribution in [3.8, 4) is 0 Å². The van der Waals surface area contributed by atoms with Crippen LogP contribution in [-0.2, 0) is 6.42 Å². The van der Waals surface area contributed by atoms with Crippen molar-refractivity contribution in [3.63, 3.8) is 0 Å². The molecule has 23 heavy (non-hydrogen) atoms. The Balaban J connectivity index is 2.01. The van der Waals surface area contributed by atoms with Gasteiger partial charge < -0.3 is 10.3 Å². The fourth-order valence-electron chi connectivity index (χ4n) is 3.76. The van der Waals surface area contributed by atoms with Crippen LogP contribution in [0.4, 0.5) is 8.78 Å². The van der Waals surface area contributed by atoms with E-state index in [0.717, 1.165) is 54.8 Å². The van der Waals surface area contributed by atoms with Crippen molar-refractivity contribution < 1.29 is 8.78 Å². The van der Waals surface area contributed by atoms with E-state index >= 15 is 0 Å². The standard InChI is InChI=1S/C19H26F2N2/c1-3-5-7-13-11-15-14-9-12(20)10-16(21)18(14)23-19(15)17(22-13)8-6-4-2/h9-10,13,17,22-23H,3-8,11H2,1-2H3/t13-,17-/m0/s1. The summed E-state index contributed by atoms with van der Waals surface area (Å²) in [5.41, 5.74) is 2.63. The second-order valence-corrected chi connectivity index (χ2v) is 6.73. The molecule has 2 aromatic rings. The molecule has 1 aromatic heterocycles. The van der Waals surface area contributed by atoms with Gasteiger partial charge in [-0.15, -0.1) is 0 Å². The molecule has 1 aliphatic rings. The van der Waals surface area contributed by atoms with Crippen molar-refractivity contribution in [1.29, 1.82) is 0 Å². The molecule has 2 atom stereocenters. The number of rotatable bonds is 6. The van der Waals surface area contributed by atoms with E-state index in [0.29, 0.717) is 11.6 Å². The third-order valence-corrected chi connectivity index (χ3v) is 4.95. The van der Waals surface area contributed by atoms with E-state index in [1.54, 1.807) is 0 Å². The van der Waals surface area contributed by atoms with Gasteiger partial charge in [0.25, 0.3) is 0 Å². The number of halogens is 2. The summed E-state index contributed by atoms with van der Waals surface area (Å²) in [4.78, 5) is 3.24. The molecule has 0 aliphatic carbocycles. The van der Waals surface area contributed by atoms with Crippen LogP contribution >= 0.6 is 0 Å². The summed E-state index contributed by atoms with van der Waals surface area (Å²) in [6, 6.07) is 3.06. The Morgan fingerprint density at radius 2 is 1.83 bits per heavy atom. The number of aromatic nitrogens is 1. The summed E-state index contributed by atoms with van der Waals surface area (Å²) in [7, 11) is 0. The van der Waals surface area contributed by atoms with Gasteiger partial charge in [-0.3, -0.25) is 0 Å². The Morgan fingerprint density at radius 3 is 2.57 bits per heavy atom. The lowest BCUT2D eigenvalue weighted by molar-refractivity contribution is 0.354. The molecular formula is C19H26F2N2. The first kappa shape index (κ1) is 16.4. The monoisotopic (exact) mass is 320 g/mol. The molecular weight excluding hydrogens is 294 g/mol. The molecule has 0 unspecified atom stereocenters. The average Bonchev–Trinajstić information content (AvgIpc) is 2.90. The Labute approximate surface area is 136 Å². The van der Waals surface area contributed by atoms with Crippen LogP contribution in [0.1, 0.15) is 69.7 Å². The van der Waals surface area contributed by atoms with E-state index in [9.17, 15) is 8.78 Å². The normalized spacial score (nSPS) is 20.9. The van der Waals surface area contributed by atoms with Crippen LogP contribution in [0.5, 0.6) is 0 Å². The number of hydrogen-bond donors (Lipinski definition) is 2. The van der Waals surface area contributed by atoms with Crippen molar-refractivity contribution >= 4 is 10.9 Å². The molecule has 0 amide bonds. The summed E-state index contributed by atoms with van der Waals surface area (Å²) < 4.78 is 27.8. The van der Waals surface area contributed by atoms with Crippen molar-refractivity contribution in [3.05, 3.63) is 35.0 Å². The molecule has 2 heterocycles. The van der Waals surface area contributed by atoms with Gasteiger partial charge in [0.05, 0.1) is 5.52 Å². The highest BCUT2D eigenvalue weighted by atomic mass is 19.1. The predicted octanol–water partition coefficient (Wildman–Crippen LogP) is 5.38. The Bertz CT molecular complexity index is 678. The van der Waals surface area contributed by atoms with Gasteiger partial charge in [-0.1, -0.05) is 39.5 Å². The van der Waals surface area contributed by atoms with E-state index in [1.165, 1.54) is 18.9 Å². The third-order valence-electron chi connectivity index (χ3n) is 4.95. The van der Waals surface area contributed by atoms with E-state index < -0.39 is 11.6 Å². The zero-order chi connectivity index (χ0) is 16.4. The summed E-state index contributed by atoms with van der Waals surface area (Å²) in [6.45, 7) is 4.37. The number of aromatic amines is 1. The largest absolute Gasteiger partial charge is 0.354 e. The van der Waals surface area contributed by atoms with Crippen molar-refractivity contribution in [2.24, 2.45) is 0 Å². The third kappa shape index (κ3) is 3.27. The summed E-state index contributed by atoms with van der Waals surface area (Å²) in [5.74, 6) is -0.987. The van der Waals surface area contributed by atoms with E-state index in [1.807, 2.05) is 0 Å². The van der Waals surface area contributed by atoms with Crippen LogP contribution in [0.25, 0.3) is 10.9 Å². The number of benzene rings is 1. The molecule has 4 heteroatoms. The van der Waals surface area contributed by atoms with E-state index in [-0.39, 0.29) is 6.04 Å². The minimum absolute atomic E-state index is 0.218. The fraction of sp³-hybridized carbons (Fsp3) is 0.579. The van der Waals surface area contributed by atoms with E-state index in [4.69, 9.17) is 0 Å². The van der Waals surface area contributed by atoms with Crippen LogP contribution in [0.2, 0.25) is 0 Å². The van der Waals surface area contributed by atoms with E-state index in [2.05, 4.69) is 24.1 Å². The van der Waals surface area contributed by atoms with Crippen LogP contribution in [0.15, 0.2) is 12.1 Å². The quantitative estimate of drug-likeness (QED) is 0.734. The smallest absolute Gasteiger partial charge is 0.150 e. The molecule has 2 N–H and O–H groups in total. The number of H-pyrrole nitrogens is 1. The lowest BCUT2D eigenvalue weighted by Gasteiger charge is -2.31. The van der Waals surface area contributed by atoms with Crippen LogP contribution in [0, 0.1) is 11.6 Å². The SMILES string of the molecule is CCCC[C@H]1Cc2c([nH]c3c(F)cc(F)cc23)[C@H](CCCC)N1. The number of hydrogen-bond acceptors (Lipinski definition) is 1. The Kier molecular flexibility index (Phi) is 5.00. The average molecular weight is 320 g/mol. The van der Waals surface area contributed by atoms with Gasteiger partial charge in [0.2, 0.25) is 0 Å². The molecule has 1 aliphatic heterocycles. The van der Waals surface area contributed by atoms with Gasteiger partial charge in [-0.05, 0) is 30.9 Å². The van der Waals surface area contributed by atoms with Crippen molar-refractivity contribution in [1.82, 2.24) is 10.3 Å².